The Morgan fingerprint density at radius 2 is 1.79 bits per heavy atom. The van der Waals surface area contributed by atoms with Gasteiger partial charge in [0.25, 0.3) is 11.8 Å². The Morgan fingerprint density at radius 3 is 2.44 bits per heavy atom. The van der Waals surface area contributed by atoms with Crippen molar-refractivity contribution in [2.45, 2.75) is 6.61 Å². The predicted octanol–water partition coefficient (Wildman–Crippen LogP) is 5.18. The number of amides is 2. The first-order valence-corrected chi connectivity index (χ1v) is 12.9. The maximum absolute atomic E-state index is 13.0. The van der Waals surface area contributed by atoms with Gasteiger partial charge in [-0.05, 0) is 60.3 Å². The Morgan fingerprint density at radius 1 is 1.08 bits per heavy atom. The van der Waals surface area contributed by atoms with Crippen molar-refractivity contribution in [2.24, 2.45) is 0 Å². The lowest BCUT2D eigenvalue weighted by molar-refractivity contribution is -0.123. The number of carbonyl (C=O) groups is 3. The van der Waals surface area contributed by atoms with Crippen molar-refractivity contribution in [1.29, 1.82) is 0 Å². The Labute approximate surface area is 238 Å². The summed E-state index contributed by atoms with van der Waals surface area (Å²) in [6.07, 6.45) is 1.38. The van der Waals surface area contributed by atoms with Crippen LogP contribution in [-0.2, 0) is 11.4 Å². The van der Waals surface area contributed by atoms with E-state index in [0.29, 0.717) is 10.8 Å². The van der Waals surface area contributed by atoms with Gasteiger partial charge in [-0.25, -0.2) is 4.79 Å². The number of halogens is 1. The van der Waals surface area contributed by atoms with Gasteiger partial charge in [-0.15, -0.1) is 0 Å². The van der Waals surface area contributed by atoms with Gasteiger partial charge in [0.2, 0.25) is 0 Å². The van der Waals surface area contributed by atoms with Crippen LogP contribution in [0.25, 0.3) is 6.08 Å². The molecule has 0 atom stereocenters. The van der Waals surface area contributed by atoms with Crippen LogP contribution in [0.3, 0.4) is 0 Å². The fourth-order valence-electron chi connectivity index (χ4n) is 3.63. The molecule has 0 aromatic heterocycles. The van der Waals surface area contributed by atoms with Crippen molar-refractivity contribution in [3.63, 3.8) is 0 Å². The van der Waals surface area contributed by atoms with Crippen LogP contribution < -0.4 is 19.6 Å². The molecule has 0 bridgehead atoms. The number of ether oxygens (including phenoxy) is 3. The summed E-state index contributed by atoms with van der Waals surface area (Å²) in [5.74, 6) is -1.66. The molecule has 0 saturated carbocycles. The number of nitrogens with one attached hydrogen (secondary N) is 1. The molecule has 1 heterocycles. The van der Waals surface area contributed by atoms with Crippen molar-refractivity contribution in [3.05, 3.63) is 92.8 Å². The van der Waals surface area contributed by atoms with E-state index < -0.39 is 17.8 Å². The number of hydrazine groups is 1. The molecule has 0 aliphatic carbocycles. The van der Waals surface area contributed by atoms with E-state index in [-0.39, 0.29) is 44.0 Å². The van der Waals surface area contributed by atoms with Gasteiger partial charge < -0.3 is 19.3 Å². The number of hydrogen-bond donors (Lipinski definition) is 2. The summed E-state index contributed by atoms with van der Waals surface area (Å²) in [4.78, 5) is 37.9. The highest BCUT2D eigenvalue weighted by Crippen LogP contribution is 2.37. The van der Waals surface area contributed by atoms with E-state index in [4.69, 9.17) is 38.0 Å². The highest BCUT2D eigenvalue weighted by atomic mass is 35.5. The van der Waals surface area contributed by atoms with E-state index in [2.05, 4.69) is 5.43 Å². The highest BCUT2D eigenvalue weighted by Gasteiger charge is 2.34. The molecule has 0 unspecified atom stereocenters. The molecule has 3 aromatic rings. The lowest BCUT2D eigenvalue weighted by Gasteiger charge is -2.16. The molecule has 1 fully saturated rings. The van der Waals surface area contributed by atoms with Crippen LogP contribution in [0.2, 0.25) is 5.02 Å². The molecule has 1 saturated heterocycles. The molecule has 9 nitrogen and oxygen atoms in total. The lowest BCUT2D eigenvalue weighted by atomic mass is 10.0. The van der Waals surface area contributed by atoms with Crippen molar-refractivity contribution < 1.29 is 33.7 Å². The normalized spacial score (nSPS) is 13.9. The Bertz CT molecular complexity index is 1490. The first kappa shape index (κ1) is 28.0. The van der Waals surface area contributed by atoms with Crippen LogP contribution in [0.5, 0.6) is 17.2 Å². The molecule has 2 amide bonds. The average Bonchev–Trinajstić information content (AvgIpc) is 3.19. The third kappa shape index (κ3) is 6.17. The van der Waals surface area contributed by atoms with Gasteiger partial charge in [-0.3, -0.25) is 15.0 Å². The Balaban J connectivity index is 1.47. The van der Waals surface area contributed by atoms with Crippen LogP contribution in [-0.4, -0.2) is 46.4 Å². The maximum atomic E-state index is 13.0. The third-order valence-corrected chi connectivity index (χ3v) is 7.22. The largest absolute Gasteiger partial charge is 0.493 e. The third-order valence-electron chi connectivity index (χ3n) is 5.55. The molecule has 3 aromatic carbocycles. The minimum atomic E-state index is -1.26. The molecule has 1 aliphatic rings. The number of benzene rings is 3. The molecule has 39 heavy (non-hydrogen) atoms. The minimum Gasteiger partial charge on any atom is -0.493 e. The Hall–Kier alpha value is -4.06. The molecular formula is C27H21ClN2O7S2. The predicted molar refractivity (Wildman–Crippen MR) is 151 cm³/mol. The zero-order chi connectivity index (χ0) is 28.1. The molecular weight excluding hydrogens is 564 g/mol. The quantitative estimate of drug-likeness (QED) is 0.259. The molecule has 4 rings (SSSR count). The molecule has 12 heteroatoms. The molecule has 0 radical (unpaired) electrons. The number of rotatable bonds is 9. The number of carboxylic acids is 1. The van der Waals surface area contributed by atoms with Crippen molar-refractivity contribution in [2.75, 3.05) is 14.2 Å². The maximum Gasteiger partial charge on any atom is 0.340 e. The van der Waals surface area contributed by atoms with E-state index >= 15 is 0 Å². The van der Waals surface area contributed by atoms with Crippen molar-refractivity contribution in [3.8, 4) is 17.2 Å². The van der Waals surface area contributed by atoms with Crippen LogP contribution in [0.1, 0.15) is 31.8 Å². The number of carbonyl (C=O) groups excluding carboxylic acids is 2. The highest BCUT2D eigenvalue weighted by molar-refractivity contribution is 8.26. The summed E-state index contributed by atoms with van der Waals surface area (Å²) < 4.78 is 16.2. The monoisotopic (exact) mass is 584 g/mol. The summed E-state index contributed by atoms with van der Waals surface area (Å²) in [5.41, 5.74) is 3.62. The average molecular weight is 585 g/mol. The zero-order valence-corrected chi connectivity index (χ0v) is 23.0. The van der Waals surface area contributed by atoms with E-state index in [9.17, 15) is 19.5 Å². The van der Waals surface area contributed by atoms with Gasteiger partial charge in [0.15, 0.2) is 15.8 Å². The lowest BCUT2D eigenvalue weighted by Crippen LogP contribution is -2.44. The number of thiocarbonyl (C=S) groups is 1. The molecule has 200 valence electrons. The number of carboxylic acid groups (broad SMARTS) is 1. The van der Waals surface area contributed by atoms with Crippen LogP contribution in [0.4, 0.5) is 0 Å². The first-order valence-electron chi connectivity index (χ1n) is 11.3. The van der Waals surface area contributed by atoms with Gasteiger partial charge >= 0.3 is 5.97 Å². The van der Waals surface area contributed by atoms with Gasteiger partial charge in [-0.1, -0.05) is 47.6 Å². The second kappa shape index (κ2) is 12.2. The van der Waals surface area contributed by atoms with Gasteiger partial charge in [0, 0.05) is 16.1 Å². The number of nitrogens with zero attached hydrogens (tertiary/aromatic N) is 1. The smallest absolute Gasteiger partial charge is 0.340 e. The Kier molecular flexibility index (Phi) is 8.75. The number of hydrogen-bond acceptors (Lipinski definition) is 8. The second-order valence-corrected chi connectivity index (χ2v) is 10.0. The summed E-state index contributed by atoms with van der Waals surface area (Å²) in [7, 11) is 2.71. The van der Waals surface area contributed by atoms with Crippen molar-refractivity contribution >= 4 is 63.8 Å². The fraction of sp³-hybridized carbons (Fsp3) is 0.111. The van der Waals surface area contributed by atoms with Crippen LogP contribution >= 0.6 is 35.6 Å². The van der Waals surface area contributed by atoms with E-state index in [1.165, 1.54) is 32.4 Å². The van der Waals surface area contributed by atoms with E-state index in [1.54, 1.807) is 30.3 Å². The van der Waals surface area contributed by atoms with E-state index in [1.807, 2.05) is 18.2 Å². The summed E-state index contributed by atoms with van der Waals surface area (Å²) in [5, 5.41) is 11.3. The summed E-state index contributed by atoms with van der Waals surface area (Å²) >= 11 is 12.4. The summed E-state index contributed by atoms with van der Waals surface area (Å²) in [6, 6.07) is 16.7. The van der Waals surface area contributed by atoms with Crippen molar-refractivity contribution in [1.82, 2.24) is 10.4 Å². The van der Waals surface area contributed by atoms with E-state index in [0.717, 1.165) is 22.3 Å². The van der Waals surface area contributed by atoms with Gasteiger partial charge in [0.05, 0.1) is 19.1 Å². The topological polar surface area (TPSA) is 114 Å². The van der Waals surface area contributed by atoms with Crippen LogP contribution in [0, 0.1) is 0 Å². The van der Waals surface area contributed by atoms with Gasteiger partial charge in [0.1, 0.15) is 17.9 Å². The molecule has 2 N–H and O–H groups in total. The summed E-state index contributed by atoms with van der Waals surface area (Å²) in [6.45, 7) is 0.262. The minimum absolute atomic E-state index is 0.0156. The number of methoxy groups -OCH3 is 2. The SMILES string of the molecule is COc1ccc(/C=C2/SC(=S)N(NC(=O)c3ccc(OCc4ccccc4Cl)cc3)C2=O)c(C(=O)O)c1OC. The van der Waals surface area contributed by atoms with Crippen LogP contribution in [0.15, 0.2) is 65.6 Å². The zero-order valence-electron chi connectivity index (χ0n) is 20.6. The van der Waals surface area contributed by atoms with Gasteiger partial charge in [-0.2, -0.15) is 5.01 Å². The standard InChI is InChI=1S/C27H21ClN2O7S2/c1-35-20-12-9-16(22(26(33)34)23(20)36-2)13-21-25(32)30(27(38)39-21)29-24(31)15-7-10-18(11-8-15)37-14-17-5-3-4-6-19(17)28/h3-13H,14H2,1-2H3,(H,29,31)(H,33,34)/b21-13+. The number of thioether (sulfide) groups is 1. The first-order chi connectivity index (χ1) is 18.7. The molecule has 0 spiro atoms. The molecule has 1 aliphatic heterocycles. The fourth-order valence-corrected chi connectivity index (χ4v) is 4.99. The number of aromatic carboxylic acids is 1. The second-order valence-electron chi connectivity index (χ2n) is 7.93.